The molecule has 2 heterocycles. The van der Waals surface area contributed by atoms with Crippen LogP contribution in [0.15, 0.2) is 17.3 Å². The van der Waals surface area contributed by atoms with E-state index in [0.717, 1.165) is 0 Å². The van der Waals surface area contributed by atoms with Gasteiger partial charge >= 0.3 is 0 Å². The Morgan fingerprint density at radius 1 is 1.54 bits per heavy atom. The predicted octanol–water partition coefficient (Wildman–Crippen LogP) is -0.465. The molecule has 0 aliphatic rings. The van der Waals surface area contributed by atoms with Gasteiger partial charge < -0.3 is 15.7 Å². The largest absolute Gasteiger partial charge is 0.384 e. The molecule has 0 aliphatic heterocycles. The summed E-state index contributed by atoms with van der Waals surface area (Å²) in [6, 6.07) is 0. The molecule has 2 aromatic heterocycles. The molecule has 2 rings (SSSR count). The van der Waals surface area contributed by atoms with E-state index in [-0.39, 0.29) is 11.4 Å². The van der Waals surface area contributed by atoms with Crippen molar-refractivity contribution in [1.29, 1.82) is 5.41 Å². The normalized spacial score (nSPS) is 10.5. The first kappa shape index (κ1) is 7.53. The fraction of sp³-hybridized carbons (Fsp3) is 0. The van der Waals surface area contributed by atoms with E-state index in [1.54, 1.807) is 0 Å². The fourth-order valence-electron chi connectivity index (χ4n) is 1.18. The van der Waals surface area contributed by atoms with Gasteiger partial charge in [-0.1, -0.05) is 0 Å². The molecule has 0 amide bonds. The minimum atomic E-state index is -0.295. The van der Waals surface area contributed by atoms with Crippen molar-refractivity contribution < 1.29 is 0 Å². The number of rotatable bonds is 1. The molecule has 5 N–H and O–H groups in total. The maximum absolute atomic E-state index is 11.3. The predicted molar refractivity (Wildman–Crippen MR) is 47.7 cm³/mol. The average Bonchev–Trinajstić information content (AvgIpc) is 2.49. The summed E-state index contributed by atoms with van der Waals surface area (Å²) in [7, 11) is 0. The van der Waals surface area contributed by atoms with Crippen molar-refractivity contribution in [2.75, 3.05) is 0 Å². The van der Waals surface area contributed by atoms with Gasteiger partial charge in [0.15, 0.2) is 0 Å². The van der Waals surface area contributed by atoms with E-state index >= 15 is 0 Å². The van der Waals surface area contributed by atoms with Gasteiger partial charge in [-0.25, -0.2) is 4.98 Å². The summed E-state index contributed by atoms with van der Waals surface area (Å²) in [5.74, 6) is -0.148. The molecule has 0 saturated carbocycles. The second-order valence-electron chi connectivity index (χ2n) is 2.57. The highest BCUT2D eigenvalue weighted by molar-refractivity contribution is 6.06. The SMILES string of the molecule is N=C(N)c1c[nH]c2nc[nH]c(=O)c12. The van der Waals surface area contributed by atoms with Gasteiger partial charge in [-0.05, 0) is 0 Å². The molecule has 2 aromatic rings. The molecule has 6 heteroatoms. The monoisotopic (exact) mass is 177 g/mol. The van der Waals surface area contributed by atoms with Crippen LogP contribution >= 0.6 is 0 Å². The molecule has 0 unspecified atom stereocenters. The van der Waals surface area contributed by atoms with E-state index < -0.39 is 0 Å². The van der Waals surface area contributed by atoms with Gasteiger partial charge in [-0.3, -0.25) is 10.2 Å². The van der Waals surface area contributed by atoms with Crippen molar-refractivity contribution in [3.05, 3.63) is 28.4 Å². The van der Waals surface area contributed by atoms with Crippen molar-refractivity contribution in [1.82, 2.24) is 15.0 Å². The minimum Gasteiger partial charge on any atom is -0.384 e. The number of nitrogens with zero attached hydrogens (tertiary/aromatic N) is 1. The highest BCUT2D eigenvalue weighted by atomic mass is 16.1. The van der Waals surface area contributed by atoms with E-state index in [1.165, 1.54) is 12.5 Å². The van der Waals surface area contributed by atoms with Gasteiger partial charge in [0.25, 0.3) is 5.56 Å². The average molecular weight is 177 g/mol. The van der Waals surface area contributed by atoms with Crippen molar-refractivity contribution in [3.63, 3.8) is 0 Å². The van der Waals surface area contributed by atoms with Gasteiger partial charge in [0.2, 0.25) is 0 Å². The lowest BCUT2D eigenvalue weighted by atomic mass is 10.2. The number of aromatic nitrogens is 3. The van der Waals surface area contributed by atoms with Gasteiger partial charge in [-0.2, -0.15) is 0 Å². The molecule has 0 radical (unpaired) electrons. The molecule has 0 aromatic carbocycles. The van der Waals surface area contributed by atoms with Crippen molar-refractivity contribution in [2.24, 2.45) is 5.73 Å². The number of nitrogens with one attached hydrogen (secondary N) is 3. The maximum atomic E-state index is 11.3. The third-order valence-corrected chi connectivity index (χ3v) is 1.77. The van der Waals surface area contributed by atoms with E-state index in [9.17, 15) is 4.79 Å². The number of H-pyrrole nitrogens is 2. The Bertz CT molecular complexity index is 523. The molecule has 66 valence electrons. The van der Waals surface area contributed by atoms with Gasteiger partial charge in [0.05, 0.1) is 11.7 Å². The molecule has 0 atom stereocenters. The van der Waals surface area contributed by atoms with Crippen LogP contribution in [-0.4, -0.2) is 20.8 Å². The zero-order chi connectivity index (χ0) is 9.42. The second-order valence-corrected chi connectivity index (χ2v) is 2.57. The number of nitrogens with two attached hydrogens (primary N) is 1. The van der Waals surface area contributed by atoms with Crippen LogP contribution < -0.4 is 11.3 Å². The second kappa shape index (κ2) is 2.44. The van der Waals surface area contributed by atoms with Crippen LogP contribution in [0.1, 0.15) is 5.56 Å². The first-order valence-corrected chi connectivity index (χ1v) is 3.59. The van der Waals surface area contributed by atoms with Crippen LogP contribution in [0.5, 0.6) is 0 Å². The Balaban J connectivity index is 2.95. The minimum absolute atomic E-state index is 0.148. The van der Waals surface area contributed by atoms with Crippen LogP contribution in [0.2, 0.25) is 0 Å². The number of hydrogen-bond acceptors (Lipinski definition) is 3. The Morgan fingerprint density at radius 3 is 3.00 bits per heavy atom. The summed E-state index contributed by atoms with van der Waals surface area (Å²) in [5, 5.41) is 7.54. The van der Waals surface area contributed by atoms with E-state index in [0.29, 0.717) is 16.6 Å². The standard InChI is InChI=1S/C7H7N5O/c8-5(9)3-1-10-6-4(3)7(13)12-2-11-6/h1-2H,(H3,8,9)(H2,10,11,12,13). The van der Waals surface area contributed by atoms with Crippen LogP contribution in [0.3, 0.4) is 0 Å². The summed E-state index contributed by atoms with van der Waals surface area (Å²) in [6.45, 7) is 0. The zero-order valence-electron chi connectivity index (χ0n) is 6.59. The van der Waals surface area contributed by atoms with Gasteiger partial charge in [-0.15, -0.1) is 0 Å². The Hall–Kier alpha value is -2.11. The first-order valence-electron chi connectivity index (χ1n) is 3.59. The summed E-state index contributed by atoms with van der Waals surface area (Å²) in [6.07, 6.45) is 2.79. The van der Waals surface area contributed by atoms with Gasteiger partial charge in [0, 0.05) is 11.8 Å². The highest BCUT2D eigenvalue weighted by Gasteiger charge is 2.09. The molecule has 0 fully saturated rings. The number of fused-ring (bicyclic) bond motifs is 1. The number of amidine groups is 1. The van der Waals surface area contributed by atoms with E-state index in [1.807, 2.05) is 0 Å². The Labute approximate surface area is 72.3 Å². The van der Waals surface area contributed by atoms with Crippen LogP contribution in [0.25, 0.3) is 11.0 Å². The van der Waals surface area contributed by atoms with Crippen molar-refractivity contribution in [3.8, 4) is 0 Å². The topological polar surface area (TPSA) is 111 Å². The lowest BCUT2D eigenvalue weighted by molar-refractivity contribution is 1.16. The molecule has 0 aliphatic carbocycles. The third-order valence-electron chi connectivity index (χ3n) is 1.77. The molecule has 6 nitrogen and oxygen atoms in total. The molecule has 13 heavy (non-hydrogen) atoms. The quantitative estimate of drug-likeness (QED) is 0.349. The lowest BCUT2D eigenvalue weighted by Gasteiger charge is -1.91. The third kappa shape index (κ3) is 0.994. The summed E-state index contributed by atoms with van der Waals surface area (Å²) >= 11 is 0. The van der Waals surface area contributed by atoms with Crippen LogP contribution in [0.4, 0.5) is 0 Å². The van der Waals surface area contributed by atoms with Crippen molar-refractivity contribution >= 4 is 16.9 Å². The summed E-state index contributed by atoms with van der Waals surface area (Å²) < 4.78 is 0. The van der Waals surface area contributed by atoms with E-state index in [2.05, 4.69) is 15.0 Å². The molecule has 0 spiro atoms. The Kier molecular flexibility index (Phi) is 1.42. The molecular weight excluding hydrogens is 170 g/mol. The van der Waals surface area contributed by atoms with Gasteiger partial charge in [0.1, 0.15) is 11.5 Å². The number of aromatic amines is 2. The van der Waals surface area contributed by atoms with Crippen LogP contribution in [-0.2, 0) is 0 Å². The highest BCUT2D eigenvalue weighted by Crippen LogP contribution is 2.09. The Morgan fingerprint density at radius 2 is 2.31 bits per heavy atom. The zero-order valence-corrected chi connectivity index (χ0v) is 6.59. The fourth-order valence-corrected chi connectivity index (χ4v) is 1.18. The van der Waals surface area contributed by atoms with E-state index in [4.69, 9.17) is 11.1 Å². The lowest BCUT2D eigenvalue weighted by Crippen LogP contribution is -2.14. The number of hydrogen-bond donors (Lipinski definition) is 4. The smallest absolute Gasteiger partial charge is 0.260 e. The molecule has 0 saturated heterocycles. The van der Waals surface area contributed by atoms with Crippen molar-refractivity contribution in [2.45, 2.75) is 0 Å². The summed E-state index contributed by atoms with van der Waals surface area (Å²) in [4.78, 5) is 20.4. The molecule has 0 bridgehead atoms. The first-order chi connectivity index (χ1) is 6.20. The maximum Gasteiger partial charge on any atom is 0.260 e. The number of nitrogen functional groups attached to an aromatic ring is 1. The molecular formula is C7H7N5O. The summed E-state index contributed by atoms with van der Waals surface area (Å²) in [5.41, 5.74) is 5.80. The van der Waals surface area contributed by atoms with Crippen LogP contribution in [0, 0.1) is 5.41 Å².